The van der Waals surface area contributed by atoms with Crippen LogP contribution in [0.4, 0.5) is 4.79 Å². The molecule has 0 saturated carbocycles. The van der Waals surface area contributed by atoms with Crippen molar-refractivity contribution in [2.24, 2.45) is 0 Å². The van der Waals surface area contributed by atoms with Crippen LogP contribution >= 0.6 is 0 Å². The van der Waals surface area contributed by atoms with E-state index in [4.69, 9.17) is 0 Å². The standard InChI is InChI=1S/C14H15N5O2/c20-13-8-15-14(21)19(13)9-12-16-11(17-18-12)7-6-10-4-2-1-3-5-10/h1-5H,6-9H2,(H,15,21)(H,16,17,18). The van der Waals surface area contributed by atoms with Crippen molar-refractivity contribution in [2.75, 3.05) is 6.54 Å². The minimum atomic E-state index is -0.387. The highest BCUT2D eigenvalue weighted by atomic mass is 16.2. The third-order valence-corrected chi connectivity index (χ3v) is 3.30. The van der Waals surface area contributed by atoms with E-state index in [9.17, 15) is 9.59 Å². The lowest BCUT2D eigenvalue weighted by atomic mass is 10.1. The molecule has 0 aliphatic carbocycles. The molecule has 7 nitrogen and oxygen atoms in total. The Morgan fingerprint density at radius 3 is 2.67 bits per heavy atom. The van der Waals surface area contributed by atoms with Gasteiger partial charge in [-0.2, -0.15) is 5.10 Å². The van der Waals surface area contributed by atoms with Crippen LogP contribution in [0.5, 0.6) is 0 Å². The van der Waals surface area contributed by atoms with Crippen molar-refractivity contribution < 1.29 is 9.59 Å². The van der Waals surface area contributed by atoms with Crippen molar-refractivity contribution >= 4 is 11.9 Å². The zero-order valence-electron chi connectivity index (χ0n) is 11.4. The van der Waals surface area contributed by atoms with E-state index in [1.165, 1.54) is 5.56 Å². The van der Waals surface area contributed by atoms with Gasteiger partial charge in [0.25, 0.3) is 0 Å². The summed E-state index contributed by atoms with van der Waals surface area (Å²) in [5, 5.41) is 9.36. The summed E-state index contributed by atoms with van der Waals surface area (Å²) in [4.78, 5) is 28.4. The molecule has 0 atom stereocenters. The van der Waals surface area contributed by atoms with Gasteiger partial charge in [-0.15, -0.1) is 0 Å². The molecule has 2 heterocycles. The Morgan fingerprint density at radius 1 is 1.14 bits per heavy atom. The fraction of sp³-hybridized carbons (Fsp3) is 0.286. The maximum absolute atomic E-state index is 11.5. The predicted octanol–water partition coefficient (Wildman–Crippen LogP) is 0.642. The van der Waals surface area contributed by atoms with Crippen LogP contribution in [0.2, 0.25) is 0 Å². The summed E-state index contributed by atoms with van der Waals surface area (Å²) in [5.74, 6) is 0.951. The average Bonchev–Trinajstić information content (AvgIpc) is 3.08. The lowest BCUT2D eigenvalue weighted by molar-refractivity contribution is -0.125. The molecule has 0 unspecified atom stereocenters. The van der Waals surface area contributed by atoms with Gasteiger partial charge in [0.1, 0.15) is 5.82 Å². The molecule has 3 amide bonds. The smallest absolute Gasteiger partial charge is 0.325 e. The van der Waals surface area contributed by atoms with Gasteiger partial charge in [-0.1, -0.05) is 30.3 Å². The second kappa shape index (κ2) is 5.74. The number of carbonyl (C=O) groups excluding carboxylic acids is 2. The molecule has 1 aliphatic heterocycles. The Kier molecular flexibility index (Phi) is 3.63. The molecule has 1 aromatic heterocycles. The van der Waals surface area contributed by atoms with Gasteiger partial charge in [0, 0.05) is 6.42 Å². The molecule has 21 heavy (non-hydrogen) atoms. The normalized spacial score (nSPS) is 14.6. The van der Waals surface area contributed by atoms with E-state index in [1.807, 2.05) is 18.2 Å². The van der Waals surface area contributed by atoms with Gasteiger partial charge < -0.3 is 5.32 Å². The Balaban J connectivity index is 1.59. The van der Waals surface area contributed by atoms with Crippen LogP contribution in [-0.4, -0.2) is 38.6 Å². The molecular weight excluding hydrogens is 270 g/mol. The lowest BCUT2D eigenvalue weighted by Gasteiger charge is -2.08. The number of hydrogen-bond acceptors (Lipinski definition) is 4. The number of aromatic amines is 1. The number of imide groups is 1. The van der Waals surface area contributed by atoms with Gasteiger partial charge in [-0.3, -0.25) is 14.8 Å². The van der Waals surface area contributed by atoms with E-state index in [0.717, 1.165) is 11.3 Å². The molecule has 1 saturated heterocycles. The van der Waals surface area contributed by atoms with Crippen molar-refractivity contribution in [3.8, 4) is 0 Å². The molecule has 0 bridgehead atoms. The van der Waals surface area contributed by atoms with Gasteiger partial charge in [0.2, 0.25) is 5.91 Å². The Morgan fingerprint density at radius 2 is 1.95 bits per heavy atom. The number of aromatic nitrogens is 3. The third-order valence-electron chi connectivity index (χ3n) is 3.30. The first-order chi connectivity index (χ1) is 10.2. The molecule has 108 valence electrons. The molecule has 2 N–H and O–H groups in total. The molecule has 3 rings (SSSR count). The molecular formula is C14H15N5O2. The fourth-order valence-electron chi connectivity index (χ4n) is 2.18. The van der Waals surface area contributed by atoms with Gasteiger partial charge in [0.15, 0.2) is 5.82 Å². The van der Waals surface area contributed by atoms with Crippen LogP contribution < -0.4 is 5.32 Å². The van der Waals surface area contributed by atoms with Gasteiger partial charge in [-0.05, 0) is 12.0 Å². The molecule has 0 spiro atoms. The zero-order valence-corrected chi connectivity index (χ0v) is 11.4. The monoisotopic (exact) mass is 285 g/mol. The van der Waals surface area contributed by atoms with E-state index in [1.54, 1.807) is 0 Å². The quantitative estimate of drug-likeness (QED) is 0.789. The van der Waals surface area contributed by atoms with Crippen LogP contribution in [0, 0.1) is 0 Å². The number of amides is 3. The highest BCUT2D eigenvalue weighted by molar-refractivity contribution is 6.01. The van der Waals surface area contributed by atoms with Crippen molar-refractivity contribution in [2.45, 2.75) is 19.4 Å². The number of rotatable bonds is 5. The largest absolute Gasteiger partial charge is 0.329 e. The number of nitrogens with one attached hydrogen (secondary N) is 2. The van der Waals surface area contributed by atoms with Crippen LogP contribution in [0.3, 0.4) is 0 Å². The van der Waals surface area contributed by atoms with Crippen LogP contribution in [-0.2, 0) is 24.2 Å². The van der Waals surface area contributed by atoms with Crippen LogP contribution in [0.25, 0.3) is 0 Å². The Labute approximate surface area is 121 Å². The number of hydrogen-bond donors (Lipinski definition) is 2. The minimum absolute atomic E-state index is 0.0494. The summed E-state index contributed by atoms with van der Waals surface area (Å²) in [6.45, 7) is 0.177. The summed E-state index contributed by atoms with van der Waals surface area (Å²) in [6, 6.07) is 9.70. The minimum Gasteiger partial charge on any atom is -0.329 e. The molecule has 1 aliphatic rings. The Hall–Kier alpha value is -2.70. The lowest BCUT2D eigenvalue weighted by Crippen LogP contribution is -2.30. The number of carbonyl (C=O) groups is 2. The number of benzene rings is 1. The number of aryl methyl sites for hydroxylation is 2. The SMILES string of the molecule is O=C1CNC(=O)N1Cc1nc(CCc2ccccc2)n[nH]1. The molecule has 1 fully saturated rings. The molecule has 7 heteroatoms. The summed E-state index contributed by atoms with van der Waals surface area (Å²) >= 11 is 0. The average molecular weight is 285 g/mol. The van der Waals surface area contributed by atoms with Crippen molar-refractivity contribution in [1.29, 1.82) is 0 Å². The Bertz CT molecular complexity index is 636. The number of nitrogens with zero attached hydrogens (tertiary/aromatic N) is 3. The third kappa shape index (κ3) is 3.07. The summed E-state index contributed by atoms with van der Waals surface area (Å²) in [6.07, 6.45) is 1.56. The van der Waals surface area contributed by atoms with Crippen molar-refractivity contribution in [3.05, 3.63) is 47.5 Å². The first-order valence-corrected chi connectivity index (χ1v) is 6.74. The maximum atomic E-state index is 11.5. The topological polar surface area (TPSA) is 91.0 Å². The highest BCUT2D eigenvalue weighted by Gasteiger charge is 2.29. The fourth-order valence-corrected chi connectivity index (χ4v) is 2.18. The second-order valence-corrected chi connectivity index (χ2v) is 4.82. The van der Waals surface area contributed by atoms with Gasteiger partial charge in [-0.25, -0.2) is 9.78 Å². The first kappa shape index (κ1) is 13.3. The highest BCUT2D eigenvalue weighted by Crippen LogP contribution is 2.07. The van der Waals surface area contributed by atoms with Crippen LogP contribution in [0.15, 0.2) is 30.3 Å². The van der Waals surface area contributed by atoms with E-state index in [-0.39, 0.29) is 25.0 Å². The number of urea groups is 1. The van der Waals surface area contributed by atoms with Crippen molar-refractivity contribution in [1.82, 2.24) is 25.4 Å². The maximum Gasteiger partial charge on any atom is 0.325 e. The van der Waals surface area contributed by atoms with E-state index < -0.39 is 0 Å². The second-order valence-electron chi connectivity index (χ2n) is 4.82. The van der Waals surface area contributed by atoms with Crippen molar-refractivity contribution in [3.63, 3.8) is 0 Å². The molecule has 0 radical (unpaired) electrons. The predicted molar refractivity (Wildman–Crippen MR) is 74.2 cm³/mol. The van der Waals surface area contributed by atoms with Gasteiger partial charge >= 0.3 is 6.03 Å². The summed E-state index contributed by atoms with van der Waals surface area (Å²) in [5.41, 5.74) is 1.22. The molecule has 2 aromatic rings. The van der Waals surface area contributed by atoms with Crippen LogP contribution in [0.1, 0.15) is 17.2 Å². The van der Waals surface area contributed by atoms with Gasteiger partial charge in [0.05, 0.1) is 13.1 Å². The first-order valence-electron chi connectivity index (χ1n) is 6.74. The summed E-state index contributed by atoms with van der Waals surface area (Å²) < 4.78 is 0. The summed E-state index contributed by atoms with van der Waals surface area (Å²) in [7, 11) is 0. The van der Waals surface area contributed by atoms with E-state index in [0.29, 0.717) is 18.1 Å². The zero-order chi connectivity index (χ0) is 14.7. The van der Waals surface area contributed by atoms with E-state index in [2.05, 4.69) is 32.6 Å². The van der Waals surface area contributed by atoms with E-state index >= 15 is 0 Å². The number of H-pyrrole nitrogens is 1. The molecule has 1 aromatic carbocycles.